The van der Waals surface area contributed by atoms with Gasteiger partial charge in [0.25, 0.3) is 5.69 Å². The summed E-state index contributed by atoms with van der Waals surface area (Å²) in [5.74, 6) is -1.12. The molecule has 156 valence electrons. The van der Waals surface area contributed by atoms with E-state index < -0.39 is 17.0 Å². The summed E-state index contributed by atoms with van der Waals surface area (Å²) in [5, 5.41) is 11.1. The summed E-state index contributed by atoms with van der Waals surface area (Å²) in [6.45, 7) is 3.83. The molecule has 0 bridgehead atoms. The molecule has 6 nitrogen and oxygen atoms in total. The van der Waals surface area contributed by atoms with E-state index in [1.54, 1.807) is 36.4 Å². The van der Waals surface area contributed by atoms with Crippen molar-refractivity contribution in [3.8, 4) is 0 Å². The average Bonchev–Trinajstić information content (AvgIpc) is 2.77. The van der Waals surface area contributed by atoms with Crippen LogP contribution in [0.5, 0.6) is 0 Å². The summed E-state index contributed by atoms with van der Waals surface area (Å²) < 4.78 is 5.50. The van der Waals surface area contributed by atoms with Gasteiger partial charge >= 0.3 is 5.97 Å². The molecule has 0 saturated heterocycles. The van der Waals surface area contributed by atoms with Crippen molar-refractivity contribution in [2.24, 2.45) is 0 Å². The van der Waals surface area contributed by atoms with Gasteiger partial charge in [0.2, 0.25) is 5.78 Å². The summed E-state index contributed by atoms with van der Waals surface area (Å²) in [7, 11) is 0. The van der Waals surface area contributed by atoms with E-state index in [0.29, 0.717) is 11.1 Å². The first-order valence-corrected chi connectivity index (χ1v) is 9.64. The number of Topliss-reactive ketones (excluding diaryl/α,β-unsaturated/α-hetero) is 1. The fourth-order valence-electron chi connectivity index (χ4n) is 2.99. The highest BCUT2D eigenvalue weighted by Crippen LogP contribution is 2.25. The Morgan fingerprint density at radius 1 is 0.903 bits per heavy atom. The molecule has 0 spiro atoms. The number of para-hydroxylation sites is 1. The first kappa shape index (κ1) is 21.6. The number of rotatable bonds is 7. The number of hydrogen-bond donors (Lipinski definition) is 0. The van der Waals surface area contributed by atoms with Crippen LogP contribution in [0.25, 0.3) is 6.08 Å². The zero-order chi connectivity index (χ0) is 22.4. The number of ether oxygens (including phenoxy) is 1. The van der Waals surface area contributed by atoms with Crippen LogP contribution in [0.15, 0.2) is 78.9 Å². The largest absolute Gasteiger partial charge is 0.446 e. The summed E-state index contributed by atoms with van der Waals surface area (Å²) in [6, 6.07) is 20.2. The van der Waals surface area contributed by atoms with E-state index in [0.717, 1.165) is 17.2 Å². The van der Waals surface area contributed by atoms with E-state index in [4.69, 9.17) is 4.74 Å². The summed E-state index contributed by atoms with van der Waals surface area (Å²) >= 11 is 0. The molecule has 3 rings (SSSR count). The van der Waals surface area contributed by atoms with E-state index in [9.17, 15) is 19.7 Å². The molecule has 0 aromatic heterocycles. The van der Waals surface area contributed by atoms with Gasteiger partial charge in [-0.25, -0.2) is 4.79 Å². The van der Waals surface area contributed by atoms with E-state index in [2.05, 4.69) is 0 Å². The van der Waals surface area contributed by atoms with Crippen molar-refractivity contribution in [1.82, 2.24) is 0 Å². The van der Waals surface area contributed by atoms with Crippen LogP contribution < -0.4 is 0 Å². The van der Waals surface area contributed by atoms with Gasteiger partial charge in [0, 0.05) is 23.3 Å². The van der Waals surface area contributed by atoms with E-state index >= 15 is 0 Å². The number of hydrogen-bond acceptors (Lipinski definition) is 5. The van der Waals surface area contributed by atoms with Crippen molar-refractivity contribution >= 4 is 23.5 Å². The van der Waals surface area contributed by atoms with Crippen LogP contribution >= 0.6 is 0 Å². The fourth-order valence-corrected chi connectivity index (χ4v) is 2.99. The molecule has 0 unspecified atom stereocenters. The Labute approximate surface area is 180 Å². The van der Waals surface area contributed by atoms with E-state index in [-0.39, 0.29) is 17.0 Å². The summed E-state index contributed by atoms with van der Waals surface area (Å²) in [4.78, 5) is 36.2. The number of nitro groups is 1. The zero-order valence-corrected chi connectivity index (χ0v) is 17.1. The molecule has 0 heterocycles. The second kappa shape index (κ2) is 9.63. The van der Waals surface area contributed by atoms with Gasteiger partial charge in [0.1, 0.15) is 0 Å². The van der Waals surface area contributed by atoms with Crippen LogP contribution in [0.4, 0.5) is 5.69 Å². The SMILES string of the molecule is Cc1ccc(C(=O)[C@@H](OC(=O)/C=C/c2ccccc2[N+](=O)[O-])c2ccc(C)cc2)cc1. The van der Waals surface area contributed by atoms with Crippen LogP contribution in [0, 0.1) is 24.0 Å². The summed E-state index contributed by atoms with van der Waals surface area (Å²) in [5.41, 5.74) is 3.12. The molecule has 3 aromatic carbocycles. The zero-order valence-electron chi connectivity index (χ0n) is 17.1. The standard InChI is InChI=1S/C25H21NO5/c1-17-7-11-20(12-8-17)24(28)25(21-13-9-18(2)10-14-21)31-23(27)16-15-19-5-3-4-6-22(19)26(29)30/h3-16,25H,1-2H3/b16-15+/t25-/m0/s1. The van der Waals surface area contributed by atoms with Crippen LogP contribution in [-0.2, 0) is 9.53 Å². The molecular formula is C25H21NO5. The Bertz CT molecular complexity index is 1130. The Kier molecular flexibility index (Phi) is 6.72. The van der Waals surface area contributed by atoms with Gasteiger partial charge in [0.15, 0.2) is 6.10 Å². The second-order valence-electron chi connectivity index (χ2n) is 7.11. The first-order valence-electron chi connectivity index (χ1n) is 9.64. The Balaban J connectivity index is 1.87. The lowest BCUT2D eigenvalue weighted by atomic mass is 9.98. The topological polar surface area (TPSA) is 86.5 Å². The predicted molar refractivity (Wildman–Crippen MR) is 118 cm³/mol. The molecule has 1 atom stereocenters. The molecular weight excluding hydrogens is 394 g/mol. The smallest absolute Gasteiger partial charge is 0.331 e. The molecule has 0 radical (unpaired) electrons. The third kappa shape index (κ3) is 5.51. The normalized spacial score (nSPS) is 11.8. The molecule has 0 amide bonds. The number of benzene rings is 3. The molecule has 0 saturated carbocycles. The Morgan fingerprint density at radius 3 is 2.10 bits per heavy atom. The number of nitrogens with zero attached hydrogens (tertiary/aromatic N) is 1. The number of ketones is 1. The van der Waals surface area contributed by atoms with Crippen LogP contribution in [0.1, 0.15) is 38.7 Å². The molecule has 0 aliphatic heterocycles. The molecule has 0 N–H and O–H groups in total. The van der Waals surface area contributed by atoms with E-state index in [1.807, 2.05) is 38.1 Å². The number of nitro benzene ring substituents is 1. The Morgan fingerprint density at radius 2 is 1.48 bits per heavy atom. The number of aryl methyl sites for hydroxylation is 2. The van der Waals surface area contributed by atoms with Gasteiger partial charge in [-0.3, -0.25) is 14.9 Å². The van der Waals surface area contributed by atoms with Gasteiger partial charge in [-0.15, -0.1) is 0 Å². The molecule has 0 fully saturated rings. The molecule has 0 aliphatic rings. The highest BCUT2D eigenvalue weighted by Gasteiger charge is 2.25. The summed E-state index contributed by atoms with van der Waals surface area (Å²) in [6.07, 6.45) is 1.26. The average molecular weight is 415 g/mol. The van der Waals surface area contributed by atoms with Gasteiger partial charge in [0.05, 0.1) is 10.5 Å². The Hall–Kier alpha value is -4.06. The van der Waals surface area contributed by atoms with E-state index in [1.165, 1.54) is 18.2 Å². The van der Waals surface area contributed by atoms with Gasteiger partial charge in [-0.1, -0.05) is 71.8 Å². The third-order valence-electron chi connectivity index (χ3n) is 4.72. The lowest BCUT2D eigenvalue weighted by molar-refractivity contribution is -0.385. The maximum absolute atomic E-state index is 13.1. The lowest BCUT2D eigenvalue weighted by Gasteiger charge is -2.17. The van der Waals surface area contributed by atoms with Crippen molar-refractivity contribution in [3.05, 3.63) is 117 Å². The minimum Gasteiger partial charge on any atom is -0.446 e. The fraction of sp³-hybridized carbons (Fsp3) is 0.120. The van der Waals surface area contributed by atoms with Crippen molar-refractivity contribution in [2.45, 2.75) is 20.0 Å². The molecule has 6 heteroatoms. The highest BCUT2D eigenvalue weighted by atomic mass is 16.6. The van der Waals surface area contributed by atoms with Gasteiger partial charge in [-0.2, -0.15) is 0 Å². The van der Waals surface area contributed by atoms with Crippen molar-refractivity contribution in [2.75, 3.05) is 0 Å². The maximum Gasteiger partial charge on any atom is 0.331 e. The van der Waals surface area contributed by atoms with Gasteiger partial charge < -0.3 is 4.74 Å². The van der Waals surface area contributed by atoms with Crippen molar-refractivity contribution < 1.29 is 19.2 Å². The van der Waals surface area contributed by atoms with Crippen LogP contribution in [-0.4, -0.2) is 16.7 Å². The predicted octanol–water partition coefficient (Wildman–Crippen LogP) is 5.39. The number of carbonyl (C=O) groups excluding carboxylic acids is 2. The monoisotopic (exact) mass is 415 g/mol. The van der Waals surface area contributed by atoms with Crippen LogP contribution in [0.3, 0.4) is 0 Å². The van der Waals surface area contributed by atoms with Gasteiger partial charge in [-0.05, 0) is 26.0 Å². The number of carbonyl (C=O) groups is 2. The third-order valence-corrected chi connectivity index (χ3v) is 4.72. The number of esters is 1. The minimum absolute atomic E-state index is 0.127. The van der Waals surface area contributed by atoms with Crippen molar-refractivity contribution in [3.63, 3.8) is 0 Å². The van der Waals surface area contributed by atoms with Crippen molar-refractivity contribution in [1.29, 1.82) is 0 Å². The quantitative estimate of drug-likeness (QED) is 0.170. The minimum atomic E-state index is -1.13. The molecule has 3 aromatic rings. The second-order valence-corrected chi connectivity index (χ2v) is 7.11. The molecule has 0 aliphatic carbocycles. The van der Waals surface area contributed by atoms with Crippen LogP contribution in [0.2, 0.25) is 0 Å². The maximum atomic E-state index is 13.1. The molecule has 31 heavy (non-hydrogen) atoms. The first-order chi connectivity index (χ1) is 14.8. The lowest BCUT2D eigenvalue weighted by Crippen LogP contribution is -2.19. The highest BCUT2D eigenvalue weighted by molar-refractivity contribution is 6.01.